The van der Waals surface area contributed by atoms with Crippen LogP contribution in [0.25, 0.3) is 0 Å². The highest BCUT2D eigenvalue weighted by Crippen LogP contribution is 2.20. The fourth-order valence-corrected chi connectivity index (χ4v) is 3.61. The van der Waals surface area contributed by atoms with E-state index < -0.39 is 0 Å². The molecule has 0 spiro atoms. The van der Waals surface area contributed by atoms with Gasteiger partial charge in [-0.1, -0.05) is 22.9 Å². The zero-order valence-corrected chi connectivity index (χ0v) is 18.3. The Bertz CT molecular complexity index is 860. The number of amides is 2. The number of aryl methyl sites for hydroxylation is 3. The van der Waals surface area contributed by atoms with Crippen molar-refractivity contribution in [1.29, 1.82) is 0 Å². The third kappa shape index (κ3) is 5.19. The van der Waals surface area contributed by atoms with E-state index in [1.165, 1.54) is 4.90 Å². The molecule has 0 aliphatic carbocycles. The number of carbonyl (C=O) groups is 2. The lowest BCUT2D eigenvalue weighted by Gasteiger charge is -2.21. The lowest BCUT2D eigenvalue weighted by Crippen LogP contribution is -2.38. The molecule has 7 heteroatoms. The van der Waals surface area contributed by atoms with Gasteiger partial charge in [0, 0.05) is 35.9 Å². The Morgan fingerprint density at radius 2 is 1.96 bits per heavy atom. The number of carbonyl (C=O) groups excluding carboxylic acids is 2. The minimum Gasteiger partial charge on any atom is -0.336 e. The molecule has 1 atom stereocenters. The zero-order valence-electron chi connectivity index (χ0n) is 16.8. The molecule has 0 radical (unpaired) electrons. The van der Waals surface area contributed by atoms with Crippen LogP contribution >= 0.6 is 15.9 Å². The number of anilines is 1. The van der Waals surface area contributed by atoms with Crippen LogP contribution in [0.1, 0.15) is 29.4 Å². The van der Waals surface area contributed by atoms with Crippen molar-refractivity contribution < 1.29 is 9.59 Å². The molecule has 27 heavy (non-hydrogen) atoms. The largest absolute Gasteiger partial charge is 0.336 e. The third-order valence-corrected chi connectivity index (χ3v) is 5.30. The molecule has 1 aromatic carbocycles. The van der Waals surface area contributed by atoms with E-state index in [0.29, 0.717) is 6.42 Å². The first-order chi connectivity index (χ1) is 12.6. The SMILES string of the molecule is Cc1cc(Br)ccc1NC(=O)CN(C)C(=O)[C@H](C)Cc1c(C)nn(C)c1C. The molecule has 1 heterocycles. The van der Waals surface area contributed by atoms with E-state index in [9.17, 15) is 9.59 Å². The van der Waals surface area contributed by atoms with Crippen molar-refractivity contribution in [2.24, 2.45) is 13.0 Å². The van der Waals surface area contributed by atoms with E-state index in [4.69, 9.17) is 0 Å². The molecule has 0 unspecified atom stereocenters. The van der Waals surface area contributed by atoms with E-state index in [1.54, 1.807) is 7.05 Å². The monoisotopic (exact) mass is 434 g/mol. The van der Waals surface area contributed by atoms with Crippen molar-refractivity contribution in [2.45, 2.75) is 34.1 Å². The number of nitrogens with zero attached hydrogens (tertiary/aromatic N) is 3. The Morgan fingerprint density at radius 1 is 1.30 bits per heavy atom. The van der Waals surface area contributed by atoms with E-state index in [-0.39, 0.29) is 24.3 Å². The minimum absolute atomic E-state index is 0.0175. The molecule has 0 fully saturated rings. The van der Waals surface area contributed by atoms with Gasteiger partial charge in [0.05, 0.1) is 12.2 Å². The van der Waals surface area contributed by atoms with Crippen molar-refractivity contribution in [3.8, 4) is 0 Å². The molecule has 2 amide bonds. The van der Waals surface area contributed by atoms with Gasteiger partial charge < -0.3 is 10.2 Å². The first kappa shape index (κ1) is 21.2. The van der Waals surface area contributed by atoms with Crippen LogP contribution < -0.4 is 5.32 Å². The van der Waals surface area contributed by atoms with Gasteiger partial charge in [-0.3, -0.25) is 14.3 Å². The maximum atomic E-state index is 12.7. The highest BCUT2D eigenvalue weighted by atomic mass is 79.9. The van der Waals surface area contributed by atoms with E-state index in [1.807, 2.05) is 57.6 Å². The number of aromatic nitrogens is 2. The number of rotatable bonds is 6. The number of likely N-dealkylation sites (N-methyl/N-ethyl adjacent to an activating group) is 1. The summed E-state index contributed by atoms with van der Waals surface area (Å²) in [6.45, 7) is 7.79. The lowest BCUT2D eigenvalue weighted by atomic mass is 9.98. The Hall–Kier alpha value is -2.15. The molecule has 1 N–H and O–H groups in total. The van der Waals surface area contributed by atoms with Crippen LogP contribution in [0.3, 0.4) is 0 Å². The van der Waals surface area contributed by atoms with Crippen molar-refractivity contribution in [3.05, 3.63) is 45.2 Å². The van der Waals surface area contributed by atoms with Crippen LogP contribution in [0.15, 0.2) is 22.7 Å². The van der Waals surface area contributed by atoms with Gasteiger partial charge in [-0.2, -0.15) is 5.10 Å². The van der Waals surface area contributed by atoms with Gasteiger partial charge in [0.2, 0.25) is 11.8 Å². The first-order valence-electron chi connectivity index (χ1n) is 8.90. The van der Waals surface area contributed by atoms with Crippen LogP contribution in [0.4, 0.5) is 5.69 Å². The van der Waals surface area contributed by atoms with Crippen LogP contribution in [-0.4, -0.2) is 40.1 Å². The highest BCUT2D eigenvalue weighted by molar-refractivity contribution is 9.10. The average Bonchev–Trinajstić information content (AvgIpc) is 2.82. The molecular formula is C20H27BrN4O2. The van der Waals surface area contributed by atoms with Crippen LogP contribution in [0.2, 0.25) is 0 Å². The summed E-state index contributed by atoms with van der Waals surface area (Å²) in [5, 5.41) is 7.27. The summed E-state index contributed by atoms with van der Waals surface area (Å²) in [6.07, 6.45) is 0.613. The van der Waals surface area contributed by atoms with Gasteiger partial charge >= 0.3 is 0 Å². The second-order valence-electron chi connectivity index (χ2n) is 7.08. The Kier molecular flexibility index (Phi) is 6.81. The van der Waals surface area contributed by atoms with Gasteiger partial charge in [-0.15, -0.1) is 0 Å². The summed E-state index contributed by atoms with van der Waals surface area (Å²) in [5.74, 6) is -0.489. The fourth-order valence-electron chi connectivity index (χ4n) is 3.13. The molecule has 0 bridgehead atoms. The molecule has 2 rings (SSSR count). The van der Waals surface area contributed by atoms with E-state index >= 15 is 0 Å². The van der Waals surface area contributed by atoms with Gasteiger partial charge in [0.25, 0.3) is 0 Å². The number of halogens is 1. The van der Waals surface area contributed by atoms with Crippen molar-refractivity contribution in [3.63, 3.8) is 0 Å². The molecule has 0 aliphatic rings. The maximum absolute atomic E-state index is 12.7. The zero-order chi connectivity index (χ0) is 20.3. The van der Waals surface area contributed by atoms with Gasteiger partial charge in [0.1, 0.15) is 0 Å². The molecule has 6 nitrogen and oxygen atoms in total. The fraction of sp³-hybridized carbons (Fsp3) is 0.450. The second kappa shape index (κ2) is 8.69. The highest BCUT2D eigenvalue weighted by Gasteiger charge is 2.22. The summed E-state index contributed by atoms with van der Waals surface area (Å²) < 4.78 is 2.79. The summed E-state index contributed by atoms with van der Waals surface area (Å²) in [6, 6.07) is 5.65. The molecule has 0 saturated heterocycles. The quantitative estimate of drug-likeness (QED) is 0.757. The van der Waals surface area contributed by atoms with Gasteiger partial charge in [0.15, 0.2) is 0 Å². The predicted octanol–water partition coefficient (Wildman–Crippen LogP) is 3.38. The molecule has 0 aliphatic heterocycles. The average molecular weight is 435 g/mol. The predicted molar refractivity (Wildman–Crippen MR) is 111 cm³/mol. The molecule has 1 aromatic heterocycles. The summed E-state index contributed by atoms with van der Waals surface area (Å²) in [7, 11) is 3.56. The summed E-state index contributed by atoms with van der Waals surface area (Å²) >= 11 is 3.40. The smallest absolute Gasteiger partial charge is 0.243 e. The second-order valence-corrected chi connectivity index (χ2v) is 8.00. The van der Waals surface area contributed by atoms with Gasteiger partial charge in [-0.05, 0) is 56.5 Å². The Balaban J connectivity index is 1.96. The standard InChI is InChI=1S/C20H27BrN4O2/c1-12-9-16(21)7-8-18(12)22-19(26)11-24(5)20(27)13(2)10-17-14(3)23-25(6)15(17)4/h7-9,13H,10-11H2,1-6H3,(H,22,26)/t13-/m1/s1. The van der Waals surface area contributed by atoms with Crippen molar-refractivity contribution in [2.75, 3.05) is 18.9 Å². The third-order valence-electron chi connectivity index (χ3n) is 4.81. The Morgan fingerprint density at radius 3 is 2.52 bits per heavy atom. The number of hydrogen-bond donors (Lipinski definition) is 1. The minimum atomic E-state index is -0.223. The first-order valence-corrected chi connectivity index (χ1v) is 9.69. The number of hydrogen-bond acceptors (Lipinski definition) is 3. The molecule has 2 aromatic rings. The van der Waals surface area contributed by atoms with E-state index in [2.05, 4.69) is 26.3 Å². The maximum Gasteiger partial charge on any atom is 0.243 e. The van der Waals surface area contributed by atoms with Crippen molar-refractivity contribution in [1.82, 2.24) is 14.7 Å². The van der Waals surface area contributed by atoms with Crippen molar-refractivity contribution >= 4 is 33.4 Å². The lowest BCUT2D eigenvalue weighted by molar-refractivity contribution is -0.136. The Labute approximate surface area is 169 Å². The van der Waals surface area contributed by atoms with E-state index in [0.717, 1.165) is 32.7 Å². The van der Waals surface area contributed by atoms with Gasteiger partial charge in [-0.25, -0.2) is 0 Å². The topological polar surface area (TPSA) is 67.2 Å². The molecule has 146 valence electrons. The number of nitrogens with one attached hydrogen (secondary N) is 1. The molecular weight excluding hydrogens is 408 g/mol. The molecule has 0 saturated carbocycles. The van der Waals surface area contributed by atoms with Crippen LogP contribution in [-0.2, 0) is 23.1 Å². The van der Waals surface area contributed by atoms with Crippen LogP contribution in [0.5, 0.6) is 0 Å². The summed E-state index contributed by atoms with van der Waals surface area (Å²) in [5.41, 5.74) is 4.82. The van der Waals surface area contributed by atoms with Crippen LogP contribution in [0, 0.1) is 26.7 Å². The normalized spacial score (nSPS) is 12.0. The summed E-state index contributed by atoms with van der Waals surface area (Å²) in [4.78, 5) is 26.5. The number of benzene rings is 1.